The molecule has 0 aliphatic carbocycles. The van der Waals surface area contributed by atoms with Gasteiger partial charge in [-0.1, -0.05) is 6.42 Å². The summed E-state index contributed by atoms with van der Waals surface area (Å²) in [4.78, 5) is 0. The van der Waals surface area contributed by atoms with Gasteiger partial charge in [-0.05, 0) is 25.7 Å². The fraction of sp³-hybridized carbons (Fsp3) is 1.00. The topological polar surface area (TPSA) is 54.4 Å². The molecular weight excluding hydrogens is 176 g/mol. The number of aliphatic hydroxyl groups is 1. The first-order valence-electron chi connectivity index (χ1n) is 4.53. The highest BCUT2D eigenvalue weighted by molar-refractivity contribution is 7.92. The lowest BCUT2D eigenvalue weighted by molar-refractivity contribution is 0.134. The van der Waals surface area contributed by atoms with Gasteiger partial charge in [0.05, 0.1) is 16.6 Å². The second kappa shape index (κ2) is 2.70. The minimum atomic E-state index is -2.96. The largest absolute Gasteiger partial charge is 0.392 e. The van der Waals surface area contributed by atoms with Gasteiger partial charge in [-0.3, -0.25) is 0 Å². The molecule has 2 fully saturated rings. The van der Waals surface area contributed by atoms with Crippen molar-refractivity contribution in [1.29, 1.82) is 0 Å². The van der Waals surface area contributed by atoms with E-state index in [4.69, 9.17) is 0 Å². The predicted octanol–water partition coefficient (Wildman–Crippen LogP) is 0.477. The molecule has 2 bridgehead atoms. The SMILES string of the molecule is O=S1(=O)[C@@H]2CCC[C@@H]1[C@H](O)CC2. The molecule has 0 aromatic carbocycles. The smallest absolute Gasteiger partial charge is 0.158 e. The lowest BCUT2D eigenvalue weighted by atomic mass is 9.97. The third kappa shape index (κ3) is 1.09. The molecule has 2 aliphatic rings. The summed E-state index contributed by atoms with van der Waals surface area (Å²) in [5, 5.41) is 8.90. The molecule has 70 valence electrons. The molecule has 0 saturated carbocycles. The van der Waals surface area contributed by atoms with Crippen molar-refractivity contribution in [2.75, 3.05) is 0 Å². The van der Waals surface area contributed by atoms with Crippen LogP contribution in [0.4, 0.5) is 0 Å². The van der Waals surface area contributed by atoms with Crippen LogP contribution in [0.2, 0.25) is 0 Å². The van der Waals surface area contributed by atoms with Gasteiger partial charge in [-0.25, -0.2) is 8.42 Å². The van der Waals surface area contributed by atoms with E-state index in [1.54, 1.807) is 0 Å². The summed E-state index contributed by atoms with van der Waals surface area (Å²) in [5.41, 5.74) is 0. The second-order valence-corrected chi connectivity index (χ2v) is 6.28. The molecule has 0 aromatic rings. The van der Waals surface area contributed by atoms with Crippen LogP contribution in [0.5, 0.6) is 0 Å². The zero-order valence-corrected chi connectivity index (χ0v) is 7.76. The second-order valence-electron chi connectivity index (χ2n) is 3.83. The highest BCUT2D eigenvalue weighted by Crippen LogP contribution is 2.36. The standard InChI is InChI=1S/C8H14O3S/c9-7-5-4-6-2-1-3-8(7)12(6,10)11/h6-9H,1-5H2/t6-,7-,8-/m1/s1. The molecule has 0 radical (unpaired) electrons. The highest BCUT2D eigenvalue weighted by atomic mass is 32.2. The van der Waals surface area contributed by atoms with Gasteiger partial charge in [0.25, 0.3) is 0 Å². The third-order valence-corrected chi connectivity index (χ3v) is 5.91. The Morgan fingerprint density at radius 3 is 2.50 bits per heavy atom. The molecule has 1 N–H and O–H groups in total. The molecule has 12 heavy (non-hydrogen) atoms. The van der Waals surface area contributed by atoms with Crippen LogP contribution in [-0.4, -0.2) is 30.1 Å². The van der Waals surface area contributed by atoms with Gasteiger partial charge in [0.15, 0.2) is 9.84 Å². The summed E-state index contributed by atoms with van der Waals surface area (Å²) in [6.07, 6.45) is 3.19. The first-order valence-corrected chi connectivity index (χ1v) is 6.14. The molecule has 4 heteroatoms. The maximum absolute atomic E-state index is 11.6. The average Bonchev–Trinajstić information content (AvgIpc) is 1.95. The van der Waals surface area contributed by atoms with Gasteiger partial charge in [0.2, 0.25) is 0 Å². The molecule has 0 unspecified atom stereocenters. The lowest BCUT2D eigenvalue weighted by Gasteiger charge is -2.37. The molecule has 0 spiro atoms. The Kier molecular flexibility index (Phi) is 1.92. The number of sulfone groups is 1. The van der Waals surface area contributed by atoms with Crippen LogP contribution in [0, 0.1) is 0 Å². The maximum atomic E-state index is 11.6. The van der Waals surface area contributed by atoms with Crippen molar-refractivity contribution in [1.82, 2.24) is 0 Å². The molecular formula is C8H14O3S. The van der Waals surface area contributed by atoms with Crippen LogP contribution in [0.25, 0.3) is 0 Å². The number of fused-ring (bicyclic) bond motifs is 2. The number of rotatable bonds is 0. The van der Waals surface area contributed by atoms with Crippen molar-refractivity contribution in [3.63, 3.8) is 0 Å². The fourth-order valence-corrected chi connectivity index (χ4v) is 4.91. The van der Waals surface area contributed by atoms with E-state index >= 15 is 0 Å². The first kappa shape index (κ1) is 8.51. The van der Waals surface area contributed by atoms with Crippen molar-refractivity contribution < 1.29 is 13.5 Å². The van der Waals surface area contributed by atoms with Crippen molar-refractivity contribution in [3.8, 4) is 0 Å². The lowest BCUT2D eigenvalue weighted by Crippen LogP contribution is -2.47. The quantitative estimate of drug-likeness (QED) is 0.604. The van der Waals surface area contributed by atoms with Gasteiger partial charge in [-0.2, -0.15) is 0 Å². The van der Waals surface area contributed by atoms with Crippen LogP contribution in [0.15, 0.2) is 0 Å². The van der Waals surface area contributed by atoms with Gasteiger partial charge < -0.3 is 5.11 Å². The first-order chi connectivity index (χ1) is 5.62. The van der Waals surface area contributed by atoms with E-state index in [0.717, 1.165) is 12.8 Å². The Hall–Kier alpha value is -0.0900. The Balaban J connectivity index is 2.34. The van der Waals surface area contributed by atoms with Gasteiger partial charge >= 0.3 is 0 Å². The summed E-state index contributed by atoms with van der Waals surface area (Å²) >= 11 is 0. The van der Waals surface area contributed by atoms with E-state index < -0.39 is 21.2 Å². The van der Waals surface area contributed by atoms with Crippen LogP contribution in [0.3, 0.4) is 0 Å². The Labute approximate surface area is 72.7 Å². The van der Waals surface area contributed by atoms with Crippen molar-refractivity contribution in [2.24, 2.45) is 0 Å². The van der Waals surface area contributed by atoms with Crippen LogP contribution < -0.4 is 0 Å². The van der Waals surface area contributed by atoms with Crippen molar-refractivity contribution in [2.45, 2.75) is 48.7 Å². The molecule has 2 aliphatic heterocycles. The summed E-state index contributed by atoms with van der Waals surface area (Å²) in [6.45, 7) is 0. The molecule has 0 aromatic heterocycles. The normalized spacial score (nSPS) is 45.6. The zero-order valence-electron chi connectivity index (χ0n) is 6.94. The average molecular weight is 190 g/mol. The van der Waals surface area contributed by atoms with E-state index in [2.05, 4.69) is 0 Å². The number of hydrogen-bond donors (Lipinski definition) is 1. The van der Waals surface area contributed by atoms with E-state index in [1.807, 2.05) is 0 Å². The van der Waals surface area contributed by atoms with Crippen molar-refractivity contribution in [3.05, 3.63) is 0 Å². The summed E-state index contributed by atoms with van der Waals surface area (Å²) in [5.74, 6) is 0. The zero-order chi connectivity index (χ0) is 8.77. The Morgan fingerprint density at radius 2 is 1.83 bits per heavy atom. The third-order valence-electron chi connectivity index (χ3n) is 3.11. The molecule has 2 heterocycles. The van der Waals surface area contributed by atoms with Gasteiger partial charge in [0.1, 0.15) is 0 Å². The monoisotopic (exact) mass is 190 g/mol. The number of aliphatic hydroxyl groups excluding tert-OH is 1. The minimum Gasteiger partial charge on any atom is -0.392 e. The summed E-state index contributed by atoms with van der Waals surface area (Å²) in [6, 6.07) is 0. The van der Waals surface area contributed by atoms with Crippen LogP contribution in [0.1, 0.15) is 32.1 Å². The maximum Gasteiger partial charge on any atom is 0.158 e. The van der Waals surface area contributed by atoms with E-state index in [0.29, 0.717) is 19.3 Å². The predicted molar refractivity (Wildman–Crippen MR) is 45.6 cm³/mol. The minimum absolute atomic E-state index is 0.139. The molecule has 3 atom stereocenters. The summed E-state index contributed by atoms with van der Waals surface area (Å²) < 4.78 is 23.3. The molecule has 3 nitrogen and oxygen atoms in total. The van der Waals surface area contributed by atoms with Crippen LogP contribution in [-0.2, 0) is 9.84 Å². The van der Waals surface area contributed by atoms with Gasteiger partial charge in [0, 0.05) is 0 Å². The van der Waals surface area contributed by atoms with Gasteiger partial charge in [-0.15, -0.1) is 0 Å². The van der Waals surface area contributed by atoms with E-state index in [9.17, 15) is 13.5 Å². The molecule has 0 amide bonds. The van der Waals surface area contributed by atoms with Crippen molar-refractivity contribution >= 4 is 9.84 Å². The number of hydrogen-bond acceptors (Lipinski definition) is 3. The highest BCUT2D eigenvalue weighted by Gasteiger charge is 2.45. The molecule has 2 rings (SSSR count). The van der Waals surface area contributed by atoms with Crippen LogP contribution >= 0.6 is 0 Å². The Morgan fingerprint density at radius 1 is 1.08 bits per heavy atom. The summed E-state index contributed by atoms with van der Waals surface area (Å²) in [7, 11) is -2.96. The Bertz CT molecular complexity index is 270. The van der Waals surface area contributed by atoms with E-state index in [-0.39, 0.29) is 5.25 Å². The fourth-order valence-electron chi connectivity index (χ4n) is 2.38. The molecule has 2 saturated heterocycles. The van der Waals surface area contributed by atoms with E-state index in [1.165, 1.54) is 0 Å².